The van der Waals surface area contributed by atoms with Gasteiger partial charge >= 0.3 is 0 Å². The predicted molar refractivity (Wildman–Crippen MR) is 300 cm³/mol. The minimum Gasteiger partial charge on any atom is -0.582 e. The Labute approximate surface area is 455 Å². The van der Waals surface area contributed by atoms with E-state index in [-0.39, 0.29) is 37.7 Å². The van der Waals surface area contributed by atoms with E-state index in [9.17, 15) is 10.2 Å². The van der Waals surface area contributed by atoms with E-state index in [0.29, 0.717) is 24.7 Å². The van der Waals surface area contributed by atoms with Crippen LogP contribution in [0.1, 0.15) is 68.3 Å². The molecule has 0 aliphatic heterocycles. The molecule has 4 N–H and O–H groups in total. The molecule has 4 nitrogen and oxygen atoms in total. The van der Waals surface area contributed by atoms with Gasteiger partial charge in [-0.05, 0) is 106 Å². The Balaban J connectivity index is 0.000000425. The molecule has 5 heteroatoms. The summed E-state index contributed by atoms with van der Waals surface area (Å²) in [5.74, 6) is 2.17. The van der Waals surface area contributed by atoms with E-state index < -0.39 is 0 Å². The van der Waals surface area contributed by atoms with Crippen molar-refractivity contribution in [2.45, 2.75) is 32.1 Å². The maximum absolute atomic E-state index is 12.1. The van der Waals surface area contributed by atoms with Gasteiger partial charge in [0.2, 0.25) is 0 Å². The van der Waals surface area contributed by atoms with Crippen LogP contribution in [0.2, 0.25) is 0 Å². The summed E-state index contributed by atoms with van der Waals surface area (Å²) >= 11 is 0. The van der Waals surface area contributed by atoms with Crippen molar-refractivity contribution >= 4 is 0 Å². The van der Waals surface area contributed by atoms with Crippen molar-refractivity contribution in [2.24, 2.45) is 0 Å². The van der Waals surface area contributed by atoms with Gasteiger partial charge in [0.1, 0.15) is 17.9 Å². The molecule has 0 spiro atoms. The summed E-state index contributed by atoms with van der Waals surface area (Å²) < 4.78 is 10.1. The molecule has 0 amide bonds. The molecule has 11 rings (SSSR count). The molecule has 0 saturated heterocycles. The number of allylic oxidation sites excluding steroid dienone is 1. The Kier molecular flexibility index (Phi) is 17.1. The smallest absolute Gasteiger partial charge is 0.262 e. The maximum atomic E-state index is 12.1. The van der Waals surface area contributed by atoms with Crippen molar-refractivity contribution in [1.82, 2.24) is 0 Å². The zero-order chi connectivity index (χ0) is 50.7. The van der Waals surface area contributed by atoms with Crippen LogP contribution >= 0.6 is 0 Å². The van der Waals surface area contributed by atoms with E-state index >= 15 is 0 Å². The average molecular weight is 1130 g/mol. The number of fused-ring (bicyclic) bond motifs is 6. The Hall–Kier alpha value is -8.35. The van der Waals surface area contributed by atoms with Gasteiger partial charge in [-0.15, -0.1) is 17.9 Å². The van der Waals surface area contributed by atoms with Crippen LogP contribution in [0, 0.1) is 27.7 Å². The van der Waals surface area contributed by atoms with Crippen LogP contribution in [0.15, 0.2) is 236 Å². The van der Waals surface area contributed by atoms with Gasteiger partial charge in [0.05, 0.1) is 11.1 Å². The Morgan fingerprint density at radius 2 is 0.811 bits per heavy atom. The van der Waals surface area contributed by atoms with E-state index in [1.165, 1.54) is 50.6 Å². The average Bonchev–Trinajstić information content (AvgIpc) is 3.94. The Morgan fingerprint density at radius 3 is 1.16 bits per heavy atom. The normalized spacial score (nSPS) is 11.4. The zero-order valence-electron chi connectivity index (χ0n) is 41.8. The van der Waals surface area contributed by atoms with Crippen molar-refractivity contribution in [2.75, 3.05) is 13.2 Å². The molecule has 0 saturated carbocycles. The van der Waals surface area contributed by atoms with E-state index in [1.807, 2.05) is 66.7 Å². The second kappa shape index (κ2) is 24.4. The first-order chi connectivity index (χ1) is 35.8. The minimum atomic E-state index is -0.0564. The molecule has 0 bridgehead atoms. The van der Waals surface area contributed by atoms with Gasteiger partial charge in [0.25, 0.3) is 11.5 Å². The fourth-order valence-electron chi connectivity index (χ4n) is 10.2. The third kappa shape index (κ3) is 11.2. The number of phenolic OH excluding ortho intramolecular Hbond substituents is 2. The number of hydrogen-bond donors (Lipinski definition) is 2. The molecule has 0 radical (unpaired) electrons. The fourth-order valence-corrected chi connectivity index (χ4v) is 10.2. The first-order valence-electron chi connectivity index (χ1n) is 24.6. The summed E-state index contributed by atoms with van der Waals surface area (Å²) in [5.41, 5.74) is 28.1. The molecule has 74 heavy (non-hydrogen) atoms. The summed E-state index contributed by atoms with van der Waals surface area (Å²) in [6, 6.07) is 68.6. The fraction of sp³-hybridized carbons (Fsp3) is 0.101. The van der Waals surface area contributed by atoms with Crippen LogP contribution in [0.25, 0.3) is 44.5 Å². The number of ether oxygens (including phenoxy) is 2. The van der Waals surface area contributed by atoms with Crippen molar-refractivity contribution in [3.63, 3.8) is 0 Å². The van der Waals surface area contributed by atoms with Crippen LogP contribution in [-0.4, -0.2) is 32.9 Å². The molecule has 2 aliphatic rings. The summed E-state index contributed by atoms with van der Waals surface area (Å²) in [4.78, 5) is 0. The number of aromatic hydroxyl groups is 4. The van der Waals surface area contributed by atoms with Gasteiger partial charge in [-0.25, -0.2) is 6.92 Å². The number of rotatable bonds is 10. The minimum absolute atomic E-state index is 0. The topological polar surface area (TPSA) is 66.1 Å². The SMILES string of the molecule is C=C=C=C=C=C[CH2-].Cc1cc(-c2ccccc2[OH+]CCC[OH+]c2ccccc2-c2cc(C)cc(C3c4ccccc4-c4ccccc43)c2O)c(O)c(C2c3ccccc3-c3ccccc32)c1.[CH2-]c1ccccc1.[Hf]. The number of para-hydroxylation sites is 2. The largest absolute Gasteiger partial charge is 0.582 e. The Bertz CT molecular complexity index is 3320. The molecule has 2 aliphatic carbocycles. The van der Waals surface area contributed by atoms with Crippen molar-refractivity contribution < 1.29 is 45.5 Å². The van der Waals surface area contributed by atoms with Crippen molar-refractivity contribution in [3.8, 4) is 67.5 Å². The molecule has 362 valence electrons. The number of phenols is 2. The van der Waals surface area contributed by atoms with Crippen molar-refractivity contribution in [1.29, 1.82) is 0 Å². The molecular weight excluding hydrogens is 1070 g/mol. The van der Waals surface area contributed by atoms with Crippen LogP contribution < -0.4 is 0 Å². The summed E-state index contributed by atoms with van der Waals surface area (Å²) in [5, 5.41) is 24.2. The second-order valence-electron chi connectivity index (χ2n) is 18.1. The maximum Gasteiger partial charge on any atom is 0.262 e. The molecule has 0 fully saturated rings. The molecule has 0 aromatic heterocycles. The third-order valence-corrected chi connectivity index (χ3v) is 13.3. The van der Waals surface area contributed by atoms with Gasteiger partial charge in [-0.2, -0.15) is 30.7 Å². The van der Waals surface area contributed by atoms with E-state index in [0.717, 1.165) is 68.0 Å². The van der Waals surface area contributed by atoms with Crippen LogP contribution in [-0.2, 0) is 25.8 Å². The van der Waals surface area contributed by atoms with Crippen molar-refractivity contribution in [3.05, 3.63) is 300 Å². The number of aliphatic hydroxyl groups is 2. The standard InChI is InChI=1S/C55H44O4.C7H7.C7H5.Hf/c1-34-30-46(54(56)48(32-34)52-42-22-7-3-16-36(42)37-17-4-8-23-43(37)52)40-20-11-13-26-50(40)58-28-15-29-59-51-27-14-12-21-41(51)47-31-35(2)33-49(55(47)57)53-44-24-9-5-18-38(44)39-19-6-10-25-45(39)53;1-7-5-3-2-4-6-7;1-3-5-7-6-4-2;/h3-14,16-27,30-33,52-53,56-57H,15,28-29H2,1-2H3;2-6H,1H2;3H,1-2H2;/q;2*-1;/p+2. The molecule has 0 unspecified atom stereocenters. The zero-order valence-corrected chi connectivity index (χ0v) is 45.4. The first-order valence-corrected chi connectivity index (χ1v) is 24.6. The summed E-state index contributed by atoms with van der Waals surface area (Å²) in [6.45, 7) is 15.7. The molecule has 9 aromatic carbocycles. The number of benzene rings is 9. The van der Waals surface area contributed by atoms with Crippen LogP contribution in [0.3, 0.4) is 0 Å². The van der Waals surface area contributed by atoms with Crippen LogP contribution in [0.4, 0.5) is 0 Å². The summed E-state index contributed by atoms with van der Waals surface area (Å²) in [7, 11) is 0. The van der Waals surface area contributed by atoms with Crippen LogP contribution in [0.5, 0.6) is 23.0 Å². The number of aryl methyl sites for hydroxylation is 2. The quantitative estimate of drug-likeness (QED) is 0.0471. The Morgan fingerprint density at radius 1 is 0.459 bits per heavy atom. The van der Waals surface area contributed by atoms with E-state index in [1.54, 1.807) is 0 Å². The third-order valence-electron chi connectivity index (χ3n) is 13.3. The van der Waals surface area contributed by atoms with Gasteiger partial charge in [0.15, 0.2) is 13.2 Å². The van der Waals surface area contributed by atoms with Gasteiger partial charge in [-0.1, -0.05) is 145 Å². The summed E-state index contributed by atoms with van der Waals surface area (Å²) in [6.07, 6.45) is 2.23. The van der Waals surface area contributed by atoms with Gasteiger partial charge in [0, 0.05) is 72.1 Å². The number of hydrogen-bond acceptors (Lipinski definition) is 2. The second-order valence-corrected chi connectivity index (χ2v) is 18.1. The first kappa shape index (κ1) is 52.0. The van der Waals surface area contributed by atoms with Gasteiger partial charge < -0.3 is 19.7 Å². The molecule has 9 aromatic rings. The monoisotopic (exact) mass is 1130 g/mol. The van der Waals surface area contributed by atoms with Gasteiger partial charge in [-0.3, -0.25) is 5.73 Å². The van der Waals surface area contributed by atoms with E-state index in [4.69, 9.17) is 9.47 Å². The predicted octanol–water partition coefficient (Wildman–Crippen LogP) is 16.4. The molecule has 0 heterocycles. The van der Waals surface area contributed by atoms with E-state index in [2.05, 4.69) is 191 Å². The molecule has 0 atom stereocenters. The molecular formula is C69H58HfO4.